The lowest BCUT2D eigenvalue weighted by Gasteiger charge is -2.14. The van der Waals surface area contributed by atoms with E-state index in [0.717, 1.165) is 0 Å². The summed E-state index contributed by atoms with van der Waals surface area (Å²) in [7, 11) is 1.56. The lowest BCUT2D eigenvalue weighted by molar-refractivity contribution is -0.122. The molecule has 1 fully saturated rings. The second-order valence-corrected chi connectivity index (χ2v) is 6.33. The van der Waals surface area contributed by atoms with Crippen molar-refractivity contribution in [1.82, 2.24) is 10.2 Å². The molecule has 3 aromatic rings. The van der Waals surface area contributed by atoms with Gasteiger partial charge in [0.1, 0.15) is 11.6 Å². The number of nitrogens with one attached hydrogen (secondary N) is 2. The number of amides is 2. The number of anilines is 2. The van der Waals surface area contributed by atoms with E-state index in [4.69, 9.17) is 4.74 Å². The first kappa shape index (κ1) is 17.0. The molecule has 0 aliphatic carbocycles. The number of hydrogen-bond donors (Lipinski definition) is 2. The maximum atomic E-state index is 14.2. The molecule has 8 heteroatoms. The number of fused-ring (bicyclic) bond motifs is 1. The van der Waals surface area contributed by atoms with Crippen molar-refractivity contribution < 1.29 is 18.7 Å². The van der Waals surface area contributed by atoms with Crippen molar-refractivity contribution in [3.63, 3.8) is 0 Å². The fraction of sp³-hybridized carbons (Fsp3) is 0.211. The number of aromatic nitrogens is 2. The van der Waals surface area contributed by atoms with E-state index in [-0.39, 0.29) is 36.0 Å². The van der Waals surface area contributed by atoms with Gasteiger partial charge >= 0.3 is 0 Å². The molecule has 2 heterocycles. The van der Waals surface area contributed by atoms with Crippen molar-refractivity contribution in [3.8, 4) is 5.75 Å². The Morgan fingerprint density at radius 1 is 1.30 bits per heavy atom. The number of hydrogen-bond acceptors (Lipinski definition) is 4. The summed E-state index contributed by atoms with van der Waals surface area (Å²) in [4.78, 5) is 26.3. The number of carbonyl (C=O) groups excluding carboxylic acids is 2. The Bertz CT molecular complexity index is 1020. The third-order valence-electron chi connectivity index (χ3n) is 4.63. The Labute approximate surface area is 154 Å². The van der Waals surface area contributed by atoms with Gasteiger partial charge in [-0.05, 0) is 36.4 Å². The molecule has 0 bridgehead atoms. The van der Waals surface area contributed by atoms with Crippen molar-refractivity contribution in [1.29, 1.82) is 0 Å². The van der Waals surface area contributed by atoms with Gasteiger partial charge in [-0.3, -0.25) is 19.6 Å². The molecular formula is C19H17FN4O3. The highest BCUT2D eigenvalue weighted by Crippen LogP contribution is 2.31. The first-order valence-electron chi connectivity index (χ1n) is 8.44. The number of rotatable bonds is 4. The van der Waals surface area contributed by atoms with Crippen LogP contribution in [0.4, 0.5) is 15.9 Å². The highest BCUT2D eigenvalue weighted by atomic mass is 19.1. The molecule has 0 spiro atoms. The summed E-state index contributed by atoms with van der Waals surface area (Å²) in [5.41, 5.74) is 1.12. The van der Waals surface area contributed by atoms with E-state index in [9.17, 15) is 14.0 Å². The highest BCUT2D eigenvalue weighted by molar-refractivity contribution is 6.07. The Hall–Kier alpha value is -3.42. The number of methoxy groups -OCH3 is 1. The van der Waals surface area contributed by atoms with E-state index < -0.39 is 11.7 Å². The first-order chi connectivity index (χ1) is 13.1. The van der Waals surface area contributed by atoms with Crippen LogP contribution < -0.4 is 15.0 Å². The molecule has 1 atom stereocenters. The minimum absolute atomic E-state index is 0.0464. The molecule has 7 nitrogen and oxygen atoms in total. The molecule has 1 aromatic heterocycles. The van der Waals surface area contributed by atoms with Gasteiger partial charge in [0.05, 0.1) is 23.9 Å². The van der Waals surface area contributed by atoms with Crippen molar-refractivity contribution in [2.24, 2.45) is 5.92 Å². The molecule has 0 saturated carbocycles. The van der Waals surface area contributed by atoms with Gasteiger partial charge in [-0.15, -0.1) is 0 Å². The average Bonchev–Trinajstić information content (AvgIpc) is 3.26. The molecule has 2 amide bonds. The number of nitrogens with zero attached hydrogens (tertiary/aromatic N) is 2. The zero-order chi connectivity index (χ0) is 19.0. The molecule has 4 rings (SSSR count). The van der Waals surface area contributed by atoms with E-state index in [1.54, 1.807) is 43.5 Å². The monoisotopic (exact) mass is 368 g/mol. The number of aromatic amines is 1. The molecule has 1 aliphatic heterocycles. The van der Waals surface area contributed by atoms with E-state index in [2.05, 4.69) is 15.5 Å². The second-order valence-electron chi connectivity index (χ2n) is 6.33. The fourth-order valence-corrected chi connectivity index (χ4v) is 3.22. The second kappa shape index (κ2) is 6.71. The van der Waals surface area contributed by atoms with Gasteiger partial charge in [0.15, 0.2) is 5.82 Å². The zero-order valence-electron chi connectivity index (χ0n) is 14.5. The molecular weight excluding hydrogens is 351 g/mol. The van der Waals surface area contributed by atoms with Crippen LogP contribution in [0.3, 0.4) is 0 Å². The van der Waals surface area contributed by atoms with Crippen molar-refractivity contribution >= 4 is 34.2 Å². The van der Waals surface area contributed by atoms with Gasteiger partial charge < -0.3 is 10.1 Å². The summed E-state index contributed by atoms with van der Waals surface area (Å²) in [6.07, 6.45) is 0.0464. The van der Waals surface area contributed by atoms with Gasteiger partial charge in [0.2, 0.25) is 11.8 Å². The van der Waals surface area contributed by atoms with Crippen LogP contribution in [0, 0.1) is 11.7 Å². The third kappa shape index (κ3) is 3.10. The smallest absolute Gasteiger partial charge is 0.229 e. The predicted molar refractivity (Wildman–Crippen MR) is 98.1 cm³/mol. The summed E-state index contributed by atoms with van der Waals surface area (Å²) >= 11 is 0. The molecule has 1 saturated heterocycles. The normalized spacial score (nSPS) is 16.7. The first-order valence-corrected chi connectivity index (χ1v) is 8.44. The van der Waals surface area contributed by atoms with Crippen LogP contribution in [0.1, 0.15) is 6.42 Å². The van der Waals surface area contributed by atoms with Gasteiger partial charge in [-0.25, -0.2) is 4.39 Å². The van der Waals surface area contributed by atoms with Crippen LogP contribution in [0.25, 0.3) is 10.9 Å². The number of halogens is 1. The fourth-order valence-electron chi connectivity index (χ4n) is 3.22. The molecule has 0 unspecified atom stereocenters. The lowest BCUT2D eigenvalue weighted by Crippen LogP contribution is -2.28. The number of H-pyrrole nitrogens is 1. The summed E-state index contributed by atoms with van der Waals surface area (Å²) < 4.78 is 19.3. The molecule has 138 valence electrons. The van der Waals surface area contributed by atoms with Gasteiger partial charge in [0.25, 0.3) is 0 Å². The van der Waals surface area contributed by atoms with Gasteiger partial charge in [-0.2, -0.15) is 5.10 Å². The highest BCUT2D eigenvalue weighted by Gasteiger charge is 2.37. The predicted octanol–water partition coefficient (Wildman–Crippen LogP) is 2.70. The van der Waals surface area contributed by atoms with Crippen LogP contribution in [0.15, 0.2) is 42.5 Å². The molecule has 2 aromatic carbocycles. The number of benzene rings is 2. The van der Waals surface area contributed by atoms with Crippen molar-refractivity contribution in [3.05, 3.63) is 48.3 Å². The average molecular weight is 368 g/mol. The van der Waals surface area contributed by atoms with Crippen LogP contribution in [0.2, 0.25) is 0 Å². The topological polar surface area (TPSA) is 87.3 Å². The number of ether oxygens (including phenoxy) is 1. The van der Waals surface area contributed by atoms with Crippen molar-refractivity contribution in [2.75, 3.05) is 23.9 Å². The quantitative estimate of drug-likeness (QED) is 0.741. The summed E-state index contributed by atoms with van der Waals surface area (Å²) in [6, 6.07) is 11.5. The summed E-state index contributed by atoms with van der Waals surface area (Å²) in [6.45, 7) is 0.148. The largest absolute Gasteiger partial charge is 0.497 e. The van der Waals surface area contributed by atoms with Gasteiger partial charge in [-0.1, -0.05) is 6.07 Å². The number of carbonyl (C=O) groups is 2. The van der Waals surface area contributed by atoms with E-state index in [1.807, 2.05) is 0 Å². The van der Waals surface area contributed by atoms with Crippen molar-refractivity contribution in [2.45, 2.75) is 6.42 Å². The van der Waals surface area contributed by atoms with Crippen LogP contribution >= 0.6 is 0 Å². The molecule has 1 aliphatic rings. The molecule has 2 N–H and O–H groups in total. The minimum Gasteiger partial charge on any atom is -0.497 e. The van der Waals surface area contributed by atoms with E-state index >= 15 is 0 Å². The van der Waals surface area contributed by atoms with E-state index in [0.29, 0.717) is 17.0 Å². The minimum atomic E-state index is -0.543. The summed E-state index contributed by atoms with van der Waals surface area (Å²) in [5, 5.41) is 9.85. The third-order valence-corrected chi connectivity index (χ3v) is 4.63. The zero-order valence-corrected chi connectivity index (χ0v) is 14.5. The standard InChI is InChI=1S/C19H17FN4O3/c1-27-13-7-5-12(6-8-13)21-19(26)11-9-16(25)24(10-11)18-17-14(20)3-2-4-15(17)22-23-18/h2-8,11H,9-10H2,1H3,(H,21,26)(H,22,23)/t11-/m0/s1. The maximum Gasteiger partial charge on any atom is 0.229 e. The van der Waals surface area contributed by atoms with Crippen LogP contribution in [0.5, 0.6) is 5.75 Å². The van der Waals surface area contributed by atoms with Gasteiger partial charge in [0, 0.05) is 18.7 Å². The summed E-state index contributed by atoms with van der Waals surface area (Å²) in [5.74, 6) is -0.637. The lowest BCUT2D eigenvalue weighted by atomic mass is 10.1. The Morgan fingerprint density at radius 2 is 2.07 bits per heavy atom. The molecule has 27 heavy (non-hydrogen) atoms. The Morgan fingerprint density at radius 3 is 2.81 bits per heavy atom. The SMILES string of the molecule is COc1ccc(NC(=O)[C@H]2CC(=O)N(c3n[nH]c4cccc(F)c34)C2)cc1. The van der Waals surface area contributed by atoms with Crippen LogP contribution in [-0.4, -0.2) is 35.7 Å². The van der Waals surface area contributed by atoms with E-state index in [1.165, 1.54) is 11.0 Å². The molecule has 0 radical (unpaired) electrons. The Balaban J connectivity index is 1.52. The Kier molecular flexibility index (Phi) is 4.23. The van der Waals surface area contributed by atoms with Crippen LogP contribution in [-0.2, 0) is 9.59 Å². The maximum absolute atomic E-state index is 14.2.